The smallest absolute Gasteiger partial charge is 0.207 e. The standard InChI is InChI=1S/C12H13FN2O2S/c13-10-4-3-5-11(8-10)18(16,17)15-12(9-14)6-1-2-7-12/h3-5,8,15H,1-2,6-7H2. The van der Waals surface area contributed by atoms with E-state index in [0.717, 1.165) is 18.9 Å². The summed E-state index contributed by atoms with van der Waals surface area (Å²) >= 11 is 0. The first-order valence-electron chi connectivity index (χ1n) is 5.68. The van der Waals surface area contributed by atoms with Crippen molar-refractivity contribution in [3.63, 3.8) is 0 Å². The number of rotatable bonds is 3. The first kappa shape index (κ1) is 13.0. The van der Waals surface area contributed by atoms with Crippen molar-refractivity contribution in [1.82, 2.24) is 4.72 Å². The van der Waals surface area contributed by atoms with Crippen LogP contribution in [-0.4, -0.2) is 14.0 Å². The lowest BCUT2D eigenvalue weighted by atomic mass is 10.0. The summed E-state index contributed by atoms with van der Waals surface area (Å²) < 4.78 is 39.6. The molecule has 1 N–H and O–H groups in total. The molecule has 2 rings (SSSR count). The molecule has 1 aliphatic carbocycles. The predicted molar refractivity (Wildman–Crippen MR) is 63.5 cm³/mol. The normalized spacial score (nSPS) is 18.4. The number of nitrogens with one attached hydrogen (secondary N) is 1. The zero-order valence-electron chi connectivity index (χ0n) is 9.69. The summed E-state index contributed by atoms with van der Waals surface area (Å²) in [4.78, 5) is -0.149. The van der Waals surface area contributed by atoms with E-state index >= 15 is 0 Å². The lowest BCUT2D eigenvalue weighted by Gasteiger charge is -2.21. The molecule has 0 saturated heterocycles. The fraction of sp³-hybridized carbons (Fsp3) is 0.417. The second-order valence-corrected chi connectivity index (χ2v) is 6.15. The first-order chi connectivity index (χ1) is 8.47. The number of hydrogen-bond donors (Lipinski definition) is 1. The number of benzene rings is 1. The van der Waals surface area contributed by atoms with Gasteiger partial charge in [0, 0.05) is 0 Å². The van der Waals surface area contributed by atoms with Crippen LogP contribution in [0.2, 0.25) is 0 Å². The second kappa shape index (κ2) is 4.67. The van der Waals surface area contributed by atoms with Gasteiger partial charge in [-0.2, -0.15) is 9.98 Å². The Morgan fingerprint density at radius 2 is 2.00 bits per heavy atom. The maximum absolute atomic E-state index is 13.0. The Kier molecular flexibility index (Phi) is 3.37. The Morgan fingerprint density at radius 3 is 2.56 bits per heavy atom. The van der Waals surface area contributed by atoms with Crippen molar-refractivity contribution in [3.8, 4) is 6.07 Å². The van der Waals surface area contributed by atoms with Crippen molar-refractivity contribution in [3.05, 3.63) is 30.1 Å². The van der Waals surface area contributed by atoms with Crippen LogP contribution < -0.4 is 4.72 Å². The molecule has 0 atom stereocenters. The number of nitrogens with zero attached hydrogens (tertiary/aromatic N) is 1. The molecule has 0 amide bonds. The average Bonchev–Trinajstić information content (AvgIpc) is 2.77. The SMILES string of the molecule is N#CC1(NS(=O)(=O)c2cccc(F)c2)CCCC1. The van der Waals surface area contributed by atoms with E-state index in [2.05, 4.69) is 4.72 Å². The molecule has 6 heteroatoms. The van der Waals surface area contributed by atoms with Gasteiger partial charge in [-0.3, -0.25) is 0 Å². The van der Waals surface area contributed by atoms with Crippen LogP contribution in [0, 0.1) is 17.1 Å². The van der Waals surface area contributed by atoms with E-state index in [4.69, 9.17) is 5.26 Å². The van der Waals surface area contributed by atoms with E-state index in [9.17, 15) is 12.8 Å². The summed E-state index contributed by atoms with van der Waals surface area (Å²) in [5.74, 6) is -0.615. The van der Waals surface area contributed by atoms with Gasteiger partial charge in [-0.1, -0.05) is 18.9 Å². The van der Waals surface area contributed by atoms with Gasteiger partial charge >= 0.3 is 0 Å². The minimum atomic E-state index is -3.85. The van der Waals surface area contributed by atoms with E-state index < -0.39 is 21.4 Å². The van der Waals surface area contributed by atoms with Crippen LogP contribution >= 0.6 is 0 Å². The van der Waals surface area contributed by atoms with Gasteiger partial charge in [0.2, 0.25) is 10.0 Å². The van der Waals surface area contributed by atoms with Crippen LogP contribution in [0.4, 0.5) is 4.39 Å². The summed E-state index contributed by atoms with van der Waals surface area (Å²) in [7, 11) is -3.85. The molecule has 1 aromatic rings. The lowest BCUT2D eigenvalue weighted by molar-refractivity contribution is 0.484. The maximum Gasteiger partial charge on any atom is 0.242 e. The molecular formula is C12H13FN2O2S. The van der Waals surface area contributed by atoms with Gasteiger partial charge in [-0.05, 0) is 31.0 Å². The molecule has 0 heterocycles. The van der Waals surface area contributed by atoms with Gasteiger partial charge in [-0.25, -0.2) is 12.8 Å². The molecule has 1 aromatic carbocycles. The van der Waals surface area contributed by atoms with E-state index in [0.29, 0.717) is 12.8 Å². The minimum absolute atomic E-state index is 0.149. The average molecular weight is 268 g/mol. The molecular weight excluding hydrogens is 255 g/mol. The van der Waals surface area contributed by atoms with Crippen molar-refractivity contribution >= 4 is 10.0 Å². The van der Waals surface area contributed by atoms with Crippen LogP contribution in [0.5, 0.6) is 0 Å². The summed E-state index contributed by atoms with van der Waals surface area (Å²) in [6, 6.07) is 6.80. The largest absolute Gasteiger partial charge is 0.242 e. The zero-order chi connectivity index (χ0) is 13.2. The number of halogens is 1. The molecule has 96 valence electrons. The highest BCUT2D eigenvalue weighted by atomic mass is 32.2. The molecule has 0 unspecified atom stereocenters. The molecule has 0 radical (unpaired) electrons. The van der Waals surface area contributed by atoms with Gasteiger partial charge in [0.25, 0.3) is 0 Å². The van der Waals surface area contributed by atoms with E-state index in [1.807, 2.05) is 6.07 Å². The summed E-state index contributed by atoms with van der Waals surface area (Å²) in [6.07, 6.45) is 2.63. The number of sulfonamides is 1. The highest BCUT2D eigenvalue weighted by Crippen LogP contribution is 2.30. The summed E-state index contributed by atoms with van der Waals surface area (Å²) in [5.41, 5.74) is -1.04. The van der Waals surface area contributed by atoms with Gasteiger partial charge in [0.1, 0.15) is 11.4 Å². The van der Waals surface area contributed by atoms with Crippen LogP contribution in [0.3, 0.4) is 0 Å². The molecule has 18 heavy (non-hydrogen) atoms. The van der Waals surface area contributed by atoms with Crippen molar-refractivity contribution in [1.29, 1.82) is 5.26 Å². The van der Waals surface area contributed by atoms with Crippen molar-refractivity contribution in [2.24, 2.45) is 0 Å². The second-order valence-electron chi connectivity index (χ2n) is 4.46. The summed E-state index contributed by atoms with van der Waals surface area (Å²) in [6.45, 7) is 0. The third kappa shape index (κ3) is 2.52. The quantitative estimate of drug-likeness (QED) is 0.910. The monoisotopic (exact) mass is 268 g/mol. The van der Waals surface area contributed by atoms with Gasteiger partial charge < -0.3 is 0 Å². The summed E-state index contributed by atoms with van der Waals surface area (Å²) in [5, 5.41) is 9.13. The van der Waals surface area contributed by atoms with Crippen molar-refractivity contribution < 1.29 is 12.8 Å². The Bertz CT molecular complexity index is 586. The lowest BCUT2D eigenvalue weighted by Crippen LogP contribution is -2.44. The van der Waals surface area contributed by atoms with Crippen LogP contribution in [0.25, 0.3) is 0 Å². The Hall–Kier alpha value is -1.45. The van der Waals surface area contributed by atoms with Gasteiger partial charge in [-0.15, -0.1) is 0 Å². The fourth-order valence-electron chi connectivity index (χ4n) is 2.17. The van der Waals surface area contributed by atoms with Gasteiger partial charge in [0.15, 0.2) is 0 Å². The Morgan fingerprint density at radius 1 is 1.33 bits per heavy atom. The molecule has 1 fully saturated rings. The molecule has 1 saturated carbocycles. The van der Waals surface area contributed by atoms with Crippen molar-refractivity contribution in [2.75, 3.05) is 0 Å². The number of nitriles is 1. The molecule has 0 bridgehead atoms. The molecule has 0 aromatic heterocycles. The van der Waals surface area contributed by atoms with E-state index in [-0.39, 0.29) is 4.90 Å². The van der Waals surface area contributed by atoms with Crippen LogP contribution in [0.15, 0.2) is 29.2 Å². The maximum atomic E-state index is 13.0. The minimum Gasteiger partial charge on any atom is -0.207 e. The fourth-order valence-corrected chi connectivity index (χ4v) is 3.57. The Balaban J connectivity index is 2.30. The molecule has 1 aliphatic rings. The predicted octanol–water partition coefficient (Wildman–Crippen LogP) is 1.94. The zero-order valence-corrected chi connectivity index (χ0v) is 10.5. The number of hydrogen-bond acceptors (Lipinski definition) is 3. The van der Waals surface area contributed by atoms with E-state index in [1.54, 1.807) is 0 Å². The third-order valence-electron chi connectivity index (χ3n) is 3.11. The topological polar surface area (TPSA) is 70.0 Å². The van der Waals surface area contributed by atoms with E-state index in [1.165, 1.54) is 18.2 Å². The highest BCUT2D eigenvalue weighted by molar-refractivity contribution is 7.89. The Labute approximate surface area is 105 Å². The molecule has 0 spiro atoms. The first-order valence-corrected chi connectivity index (χ1v) is 7.17. The molecule has 0 aliphatic heterocycles. The van der Waals surface area contributed by atoms with Crippen LogP contribution in [-0.2, 0) is 10.0 Å². The van der Waals surface area contributed by atoms with Crippen LogP contribution in [0.1, 0.15) is 25.7 Å². The highest BCUT2D eigenvalue weighted by Gasteiger charge is 2.38. The third-order valence-corrected chi connectivity index (χ3v) is 4.64. The van der Waals surface area contributed by atoms with Crippen molar-refractivity contribution in [2.45, 2.75) is 36.1 Å². The van der Waals surface area contributed by atoms with Gasteiger partial charge in [0.05, 0.1) is 11.0 Å². The molecule has 4 nitrogen and oxygen atoms in total.